The fourth-order valence-electron chi connectivity index (χ4n) is 1.98. The maximum absolute atomic E-state index is 10.2. The van der Waals surface area contributed by atoms with Gasteiger partial charge in [0.1, 0.15) is 0 Å². The summed E-state index contributed by atoms with van der Waals surface area (Å²) >= 11 is 0. The first-order valence-electron chi connectivity index (χ1n) is 6.34. The highest BCUT2D eigenvalue weighted by Crippen LogP contribution is 2.24. The first kappa shape index (κ1) is 12.7. The topological polar surface area (TPSA) is 23.5 Å². The average molecular weight is 241 g/mol. The number of hydroxylamine groups is 1. The highest BCUT2D eigenvalue weighted by atomic mass is 16.5. The van der Waals surface area contributed by atoms with Gasteiger partial charge >= 0.3 is 0 Å². The van der Waals surface area contributed by atoms with Crippen LogP contribution in [0.25, 0.3) is 0 Å². The fraction of sp³-hybridized carbons (Fsp3) is 0.250. The second-order valence-corrected chi connectivity index (χ2v) is 4.45. The molecule has 1 unspecified atom stereocenters. The summed E-state index contributed by atoms with van der Waals surface area (Å²) in [6, 6.07) is 17.9. The molecule has 0 aromatic heterocycles. The molecule has 18 heavy (non-hydrogen) atoms. The van der Waals surface area contributed by atoms with Crippen molar-refractivity contribution in [3.05, 3.63) is 65.7 Å². The molecule has 0 saturated carbocycles. The van der Waals surface area contributed by atoms with Gasteiger partial charge in [0.15, 0.2) is 0 Å². The maximum Gasteiger partial charge on any atom is 0.0784 e. The van der Waals surface area contributed by atoms with Gasteiger partial charge < -0.3 is 0 Å². The molecule has 2 rings (SSSR count). The minimum absolute atomic E-state index is 0.0571. The molecule has 2 heteroatoms. The van der Waals surface area contributed by atoms with Crippen LogP contribution >= 0.6 is 0 Å². The van der Waals surface area contributed by atoms with E-state index in [9.17, 15) is 5.21 Å². The van der Waals surface area contributed by atoms with Crippen LogP contribution < -0.4 is 5.06 Å². The lowest BCUT2D eigenvalue weighted by Gasteiger charge is -2.25. The molecule has 0 aliphatic carbocycles. The summed E-state index contributed by atoms with van der Waals surface area (Å²) in [6.45, 7) is 4.13. The molecular weight excluding hydrogens is 222 g/mol. The Balaban J connectivity index is 2.17. The van der Waals surface area contributed by atoms with E-state index in [1.54, 1.807) is 0 Å². The largest absolute Gasteiger partial charge is 0.288 e. The monoisotopic (exact) mass is 241 g/mol. The van der Waals surface area contributed by atoms with Crippen LogP contribution in [0.1, 0.15) is 31.0 Å². The lowest BCUT2D eigenvalue weighted by Crippen LogP contribution is -2.22. The Labute approximate surface area is 108 Å². The second kappa shape index (κ2) is 5.69. The molecule has 0 amide bonds. The molecule has 1 atom stereocenters. The van der Waals surface area contributed by atoms with Gasteiger partial charge in [0.25, 0.3) is 0 Å². The van der Waals surface area contributed by atoms with Gasteiger partial charge in [0.2, 0.25) is 0 Å². The first-order valence-corrected chi connectivity index (χ1v) is 6.34. The Kier molecular flexibility index (Phi) is 4.00. The molecular formula is C16H19NO. The van der Waals surface area contributed by atoms with Crippen molar-refractivity contribution in [1.29, 1.82) is 0 Å². The highest BCUT2D eigenvalue weighted by molar-refractivity contribution is 5.45. The summed E-state index contributed by atoms with van der Waals surface area (Å²) in [4.78, 5) is 0. The molecule has 0 spiro atoms. The van der Waals surface area contributed by atoms with E-state index < -0.39 is 0 Å². The Morgan fingerprint density at radius 3 is 2.17 bits per heavy atom. The van der Waals surface area contributed by atoms with Crippen LogP contribution in [-0.4, -0.2) is 5.21 Å². The van der Waals surface area contributed by atoms with Crippen molar-refractivity contribution >= 4 is 5.69 Å². The molecule has 94 valence electrons. The third kappa shape index (κ3) is 2.71. The maximum atomic E-state index is 10.2. The number of benzene rings is 2. The van der Waals surface area contributed by atoms with Gasteiger partial charge in [-0.15, -0.1) is 0 Å². The van der Waals surface area contributed by atoms with Crippen LogP contribution in [0.3, 0.4) is 0 Å². The molecule has 0 aliphatic heterocycles. The second-order valence-electron chi connectivity index (χ2n) is 4.45. The van der Waals surface area contributed by atoms with Crippen LogP contribution in [0, 0.1) is 0 Å². The first-order chi connectivity index (χ1) is 8.72. The van der Waals surface area contributed by atoms with Gasteiger partial charge in [-0.3, -0.25) is 5.21 Å². The highest BCUT2D eigenvalue weighted by Gasteiger charge is 2.13. The fourth-order valence-corrected chi connectivity index (χ4v) is 1.98. The summed E-state index contributed by atoms with van der Waals surface area (Å²) in [5, 5.41) is 11.5. The normalized spacial score (nSPS) is 12.2. The lowest BCUT2D eigenvalue weighted by molar-refractivity contribution is 0.223. The molecule has 2 aromatic rings. The zero-order chi connectivity index (χ0) is 13.0. The van der Waals surface area contributed by atoms with E-state index in [0.29, 0.717) is 0 Å². The molecule has 2 nitrogen and oxygen atoms in total. The Hall–Kier alpha value is -1.80. The van der Waals surface area contributed by atoms with Gasteiger partial charge in [-0.05, 0) is 36.6 Å². The van der Waals surface area contributed by atoms with Crippen LogP contribution in [0.4, 0.5) is 5.69 Å². The Bertz CT molecular complexity index is 478. The van der Waals surface area contributed by atoms with E-state index in [-0.39, 0.29) is 6.04 Å². The summed E-state index contributed by atoms with van der Waals surface area (Å²) < 4.78 is 0. The summed E-state index contributed by atoms with van der Waals surface area (Å²) in [6.07, 6.45) is 1.04. The Morgan fingerprint density at radius 2 is 1.61 bits per heavy atom. The van der Waals surface area contributed by atoms with E-state index in [2.05, 4.69) is 31.2 Å². The number of aryl methyl sites for hydroxylation is 1. The van der Waals surface area contributed by atoms with E-state index in [4.69, 9.17) is 0 Å². The average Bonchev–Trinajstić information content (AvgIpc) is 2.47. The van der Waals surface area contributed by atoms with Gasteiger partial charge in [-0.2, -0.15) is 0 Å². The van der Waals surface area contributed by atoms with Gasteiger partial charge in [-0.1, -0.05) is 49.4 Å². The zero-order valence-electron chi connectivity index (χ0n) is 10.9. The predicted molar refractivity (Wildman–Crippen MR) is 74.9 cm³/mol. The Morgan fingerprint density at radius 1 is 1.00 bits per heavy atom. The standard InChI is InChI=1S/C16H19NO/c1-3-14-9-11-15(12-10-14)13(2)17(18)16-7-5-4-6-8-16/h4-13,18H,3H2,1-2H3. The number of nitrogens with zero attached hydrogens (tertiary/aromatic N) is 1. The van der Waals surface area contributed by atoms with Crippen LogP contribution in [0.5, 0.6) is 0 Å². The summed E-state index contributed by atoms with van der Waals surface area (Å²) in [5.41, 5.74) is 3.23. The predicted octanol–water partition coefficient (Wildman–Crippen LogP) is 4.21. The lowest BCUT2D eigenvalue weighted by atomic mass is 10.0. The number of hydrogen-bond donors (Lipinski definition) is 1. The van der Waals surface area contributed by atoms with Crippen molar-refractivity contribution in [2.45, 2.75) is 26.3 Å². The summed E-state index contributed by atoms with van der Waals surface area (Å²) in [7, 11) is 0. The number of anilines is 1. The van der Waals surface area contributed by atoms with Crippen molar-refractivity contribution in [3.63, 3.8) is 0 Å². The molecule has 0 fully saturated rings. The number of para-hydroxylation sites is 1. The minimum Gasteiger partial charge on any atom is -0.288 e. The van der Waals surface area contributed by atoms with E-state index in [1.807, 2.05) is 37.3 Å². The molecule has 0 radical (unpaired) electrons. The third-order valence-electron chi connectivity index (χ3n) is 3.26. The quantitative estimate of drug-likeness (QED) is 0.811. The molecule has 0 bridgehead atoms. The molecule has 0 aliphatic rings. The van der Waals surface area contributed by atoms with Crippen LogP contribution in [0.15, 0.2) is 54.6 Å². The molecule has 0 saturated heterocycles. The van der Waals surface area contributed by atoms with Gasteiger partial charge in [0.05, 0.1) is 11.7 Å². The smallest absolute Gasteiger partial charge is 0.0784 e. The molecule has 1 N–H and O–H groups in total. The molecule has 2 aromatic carbocycles. The van der Waals surface area contributed by atoms with E-state index in [1.165, 1.54) is 10.6 Å². The zero-order valence-corrected chi connectivity index (χ0v) is 10.9. The third-order valence-corrected chi connectivity index (χ3v) is 3.26. The number of rotatable bonds is 4. The SMILES string of the molecule is CCc1ccc(C(C)N(O)c2ccccc2)cc1. The van der Waals surface area contributed by atoms with Crippen LogP contribution in [0.2, 0.25) is 0 Å². The van der Waals surface area contributed by atoms with Crippen molar-refractivity contribution in [1.82, 2.24) is 0 Å². The van der Waals surface area contributed by atoms with Crippen molar-refractivity contribution < 1.29 is 5.21 Å². The molecule has 0 heterocycles. The summed E-state index contributed by atoms with van der Waals surface area (Å²) in [5.74, 6) is 0. The van der Waals surface area contributed by atoms with Crippen molar-refractivity contribution in [3.8, 4) is 0 Å². The number of hydrogen-bond acceptors (Lipinski definition) is 2. The van der Waals surface area contributed by atoms with Crippen molar-refractivity contribution in [2.24, 2.45) is 0 Å². The van der Waals surface area contributed by atoms with E-state index >= 15 is 0 Å². The van der Waals surface area contributed by atoms with Crippen LogP contribution in [-0.2, 0) is 6.42 Å². The van der Waals surface area contributed by atoms with Crippen molar-refractivity contribution in [2.75, 3.05) is 5.06 Å². The van der Waals surface area contributed by atoms with Gasteiger partial charge in [-0.25, -0.2) is 5.06 Å². The van der Waals surface area contributed by atoms with E-state index in [0.717, 1.165) is 17.7 Å². The minimum atomic E-state index is -0.0571. The van der Waals surface area contributed by atoms with Gasteiger partial charge in [0, 0.05) is 0 Å².